The Balaban J connectivity index is 2.45. The van der Waals surface area contributed by atoms with E-state index >= 15 is 0 Å². The molecule has 21 heavy (non-hydrogen) atoms. The predicted molar refractivity (Wildman–Crippen MR) is 79.3 cm³/mol. The first-order valence-corrected chi connectivity index (χ1v) is 7.05. The molecule has 0 radical (unpaired) electrons. The smallest absolute Gasteiger partial charge is 0.394 e. The SMILES string of the molecule is CC1CCN(c2ccc(C(N)=S)c(C(F)(F)F)c2)C1CO. The first-order chi connectivity index (χ1) is 9.75. The van der Waals surface area contributed by atoms with E-state index < -0.39 is 11.7 Å². The lowest BCUT2D eigenvalue weighted by molar-refractivity contribution is -0.137. The number of nitrogens with zero attached hydrogens (tertiary/aromatic N) is 1. The normalized spacial score (nSPS) is 22.6. The first kappa shape index (κ1) is 16.0. The summed E-state index contributed by atoms with van der Waals surface area (Å²) in [6.07, 6.45) is -3.68. The van der Waals surface area contributed by atoms with E-state index in [1.54, 1.807) is 6.07 Å². The Morgan fingerprint density at radius 1 is 1.48 bits per heavy atom. The van der Waals surface area contributed by atoms with Crippen LogP contribution in [0.5, 0.6) is 0 Å². The highest BCUT2D eigenvalue weighted by Crippen LogP contribution is 2.37. The van der Waals surface area contributed by atoms with E-state index in [-0.39, 0.29) is 29.1 Å². The van der Waals surface area contributed by atoms with Gasteiger partial charge in [-0.05, 0) is 30.5 Å². The predicted octanol–water partition coefficient (Wildman–Crippen LogP) is 2.55. The van der Waals surface area contributed by atoms with Gasteiger partial charge in [-0.2, -0.15) is 13.2 Å². The fraction of sp³-hybridized carbons (Fsp3) is 0.500. The van der Waals surface area contributed by atoms with Crippen LogP contribution in [-0.4, -0.2) is 29.3 Å². The summed E-state index contributed by atoms with van der Waals surface area (Å²) in [7, 11) is 0. The van der Waals surface area contributed by atoms with E-state index in [1.165, 1.54) is 6.07 Å². The standard InChI is InChI=1S/C14H17F3N2OS/c1-8-4-5-19(12(8)7-20)9-2-3-10(13(18)21)11(6-9)14(15,16)17/h2-3,6,8,12,20H,4-5,7H2,1H3,(H2,18,21). The average molecular weight is 318 g/mol. The Morgan fingerprint density at radius 3 is 2.67 bits per heavy atom. The number of alkyl halides is 3. The zero-order valence-corrected chi connectivity index (χ0v) is 12.3. The van der Waals surface area contributed by atoms with Gasteiger partial charge in [-0.1, -0.05) is 19.1 Å². The second kappa shape index (κ2) is 5.81. The maximum atomic E-state index is 13.1. The second-order valence-corrected chi connectivity index (χ2v) is 5.74. The minimum absolute atomic E-state index is 0.0838. The molecule has 1 saturated heterocycles. The van der Waals surface area contributed by atoms with Crippen LogP contribution in [0.15, 0.2) is 18.2 Å². The van der Waals surface area contributed by atoms with Gasteiger partial charge in [0.2, 0.25) is 0 Å². The molecule has 1 aliphatic rings. The van der Waals surface area contributed by atoms with Gasteiger partial charge in [-0.3, -0.25) is 0 Å². The van der Waals surface area contributed by atoms with Crippen LogP contribution in [-0.2, 0) is 6.18 Å². The molecule has 2 rings (SSSR count). The van der Waals surface area contributed by atoms with Gasteiger partial charge < -0.3 is 15.7 Å². The van der Waals surface area contributed by atoms with Gasteiger partial charge in [0.05, 0.1) is 18.2 Å². The lowest BCUT2D eigenvalue weighted by Gasteiger charge is -2.28. The van der Waals surface area contributed by atoms with Crippen LogP contribution in [0.1, 0.15) is 24.5 Å². The molecule has 3 N–H and O–H groups in total. The maximum absolute atomic E-state index is 13.1. The van der Waals surface area contributed by atoms with Gasteiger partial charge in [0.1, 0.15) is 4.99 Å². The number of nitrogens with two attached hydrogens (primary N) is 1. The van der Waals surface area contributed by atoms with Gasteiger partial charge in [0.25, 0.3) is 0 Å². The lowest BCUT2D eigenvalue weighted by atomic mass is 10.0. The second-order valence-electron chi connectivity index (χ2n) is 5.30. The lowest BCUT2D eigenvalue weighted by Crippen LogP contribution is -2.35. The van der Waals surface area contributed by atoms with Crippen molar-refractivity contribution in [1.82, 2.24) is 0 Å². The molecule has 0 spiro atoms. The van der Waals surface area contributed by atoms with Crippen LogP contribution in [0.2, 0.25) is 0 Å². The van der Waals surface area contributed by atoms with E-state index in [2.05, 4.69) is 12.2 Å². The Labute approximate surface area is 126 Å². The topological polar surface area (TPSA) is 49.5 Å². The largest absolute Gasteiger partial charge is 0.417 e. The van der Waals surface area contributed by atoms with Crippen LogP contribution >= 0.6 is 12.2 Å². The average Bonchev–Trinajstić information content (AvgIpc) is 2.78. The highest BCUT2D eigenvalue weighted by molar-refractivity contribution is 7.80. The van der Waals surface area contributed by atoms with Crippen molar-refractivity contribution in [2.24, 2.45) is 11.7 Å². The summed E-state index contributed by atoms with van der Waals surface area (Å²) in [6.45, 7) is 2.52. The number of aliphatic hydroxyl groups excluding tert-OH is 1. The molecule has 116 valence electrons. The Bertz CT molecular complexity index is 548. The van der Waals surface area contributed by atoms with Gasteiger partial charge in [-0.25, -0.2) is 0 Å². The monoisotopic (exact) mass is 318 g/mol. The Hall–Kier alpha value is -1.34. The van der Waals surface area contributed by atoms with Gasteiger partial charge in [0, 0.05) is 17.8 Å². The summed E-state index contributed by atoms with van der Waals surface area (Å²) >= 11 is 4.69. The summed E-state index contributed by atoms with van der Waals surface area (Å²) in [5.41, 5.74) is 4.80. The maximum Gasteiger partial charge on any atom is 0.417 e. The third-order valence-electron chi connectivity index (χ3n) is 3.98. The molecule has 0 aliphatic carbocycles. The number of rotatable bonds is 3. The molecule has 0 bridgehead atoms. The minimum Gasteiger partial charge on any atom is -0.394 e. The minimum atomic E-state index is -4.52. The van der Waals surface area contributed by atoms with E-state index in [9.17, 15) is 18.3 Å². The molecule has 2 atom stereocenters. The molecular weight excluding hydrogens is 301 g/mol. The summed E-state index contributed by atoms with van der Waals surface area (Å²) in [5, 5.41) is 9.44. The van der Waals surface area contributed by atoms with E-state index in [0.717, 1.165) is 12.5 Å². The highest BCUT2D eigenvalue weighted by Gasteiger charge is 2.36. The van der Waals surface area contributed by atoms with Crippen LogP contribution in [0.25, 0.3) is 0 Å². The number of hydrogen-bond donors (Lipinski definition) is 2. The zero-order valence-electron chi connectivity index (χ0n) is 11.5. The van der Waals surface area contributed by atoms with Crippen LogP contribution in [0, 0.1) is 5.92 Å². The van der Waals surface area contributed by atoms with Crippen molar-refractivity contribution in [2.45, 2.75) is 25.6 Å². The fourth-order valence-corrected chi connectivity index (χ4v) is 2.95. The summed E-state index contributed by atoms with van der Waals surface area (Å²) in [5.74, 6) is 0.236. The first-order valence-electron chi connectivity index (χ1n) is 6.64. The number of aliphatic hydroxyl groups is 1. The number of halogens is 3. The molecule has 1 aliphatic heterocycles. The van der Waals surface area contributed by atoms with Crippen molar-refractivity contribution in [2.75, 3.05) is 18.1 Å². The molecule has 0 saturated carbocycles. The van der Waals surface area contributed by atoms with Crippen molar-refractivity contribution >= 4 is 22.9 Å². The molecule has 0 amide bonds. The number of hydrogen-bond acceptors (Lipinski definition) is 3. The Morgan fingerprint density at radius 2 is 2.14 bits per heavy atom. The van der Waals surface area contributed by atoms with E-state index in [1.807, 2.05) is 11.8 Å². The highest BCUT2D eigenvalue weighted by atomic mass is 32.1. The van der Waals surface area contributed by atoms with Crippen LogP contribution < -0.4 is 10.6 Å². The number of anilines is 1. The van der Waals surface area contributed by atoms with Crippen molar-refractivity contribution in [3.05, 3.63) is 29.3 Å². The third-order valence-corrected chi connectivity index (χ3v) is 4.20. The summed E-state index contributed by atoms with van der Waals surface area (Å²) in [6, 6.07) is 3.78. The molecule has 1 fully saturated rings. The van der Waals surface area contributed by atoms with Crippen LogP contribution in [0.3, 0.4) is 0 Å². The summed E-state index contributed by atoms with van der Waals surface area (Å²) in [4.78, 5) is 1.53. The van der Waals surface area contributed by atoms with Gasteiger partial charge in [0.15, 0.2) is 0 Å². The quantitative estimate of drug-likeness (QED) is 0.841. The van der Waals surface area contributed by atoms with E-state index in [0.29, 0.717) is 12.2 Å². The van der Waals surface area contributed by atoms with E-state index in [4.69, 9.17) is 5.73 Å². The van der Waals surface area contributed by atoms with Gasteiger partial charge >= 0.3 is 6.18 Å². The molecule has 1 aromatic rings. The molecular formula is C14H17F3N2OS. The zero-order chi connectivity index (χ0) is 15.8. The molecule has 1 heterocycles. The number of thiocarbonyl (C=S) groups is 1. The Kier molecular flexibility index (Phi) is 4.43. The molecule has 0 aromatic heterocycles. The van der Waals surface area contributed by atoms with Gasteiger partial charge in [-0.15, -0.1) is 0 Å². The molecule has 7 heteroatoms. The van der Waals surface area contributed by atoms with Crippen molar-refractivity contribution in [1.29, 1.82) is 0 Å². The van der Waals surface area contributed by atoms with Crippen molar-refractivity contribution in [3.8, 4) is 0 Å². The summed E-state index contributed by atoms with van der Waals surface area (Å²) < 4.78 is 39.4. The molecule has 1 aromatic carbocycles. The molecule has 3 nitrogen and oxygen atoms in total. The molecule has 2 unspecified atom stereocenters. The fourth-order valence-electron chi connectivity index (χ4n) is 2.77. The third kappa shape index (κ3) is 3.13. The van der Waals surface area contributed by atoms with Crippen LogP contribution in [0.4, 0.5) is 18.9 Å². The van der Waals surface area contributed by atoms with Crippen molar-refractivity contribution < 1.29 is 18.3 Å². The van der Waals surface area contributed by atoms with Crippen molar-refractivity contribution in [3.63, 3.8) is 0 Å². The number of benzene rings is 1.